The second-order valence-electron chi connectivity index (χ2n) is 5.37. The topological polar surface area (TPSA) is 45.5 Å². The highest BCUT2D eigenvalue weighted by Crippen LogP contribution is 2.27. The first-order valence-electron chi connectivity index (χ1n) is 7.40. The van der Waals surface area contributed by atoms with Crippen molar-refractivity contribution in [3.05, 3.63) is 18.7 Å². The number of hydrogen-bond donors (Lipinski definition) is 1. The van der Waals surface area contributed by atoms with Gasteiger partial charge in [0.15, 0.2) is 5.96 Å². The van der Waals surface area contributed by atoms with Crippen LogP contribution in [-0.2, 0) is 0 Å². The number of imidazole rings is 1. The smallest absolute Gasteiger partial charge is 0.257 e. The molecule has 1 aromatic rings. The van der Waals surface area contributed by atoms with Crippen molar-refractivity contribution >= 4 is 5.96 Å². The van der Waals surface area contributed by atoms with E-state index < -0.39 is 13.0 Å². The van der Waals surface area contributed by atoms with E-state index in [9.17, 15) is 8.78 Å². The largest absolute Gasteiger partial charge is 0.357 e. The van der Waals surface area contributed by atoms with E-state index in [1.807, 2.05) is 19.4 Å². The molecule has 0 radical (unpaired) electrons. The van der Waals surface area contributed by atoms with Gasteiger partial charge in [0.2, 0.25) is 0 Å². The van der Waals surface area contributed by atoms with E-state index in [2.05, 4.69) is 31.7 Å². The first-order chi connectivity index (χ1) is 10.1. The Morgan fingerprint density at radius 2 is 2.33 bits per heavy atom. The van der Waals surface area contributed by atoms with Crippen LogP contribution in [0, 0.1) is 5.92 Å². The van der Waals surface area contributed by atoms with Gasteiger partial charge in [-0.3, -0.25) is 0 Å². The molecule has 1 N–H and O–H groups in total. The third-order valence-corrected chi connectivity index (χ3v) is 3.84. The van der Waals surface area contributed by atoms with Crippen LogP contribution in [0.3, 0.4) is 0 Å². The number of likely N-dealkylation sites (tertiary alicyclic amines) is 1. The summed E-state index contributed by atoms with van der Waals surface area (Å²) in [5.74, 6) is 1.10. The van der Waals surface area contributed by atoms with Crippen molar-refractivity contribution in [2.75, 3.05) is 26.2 Å². The van der Waals surface area contributed by atoms with Crippen LogP contribution in [0.2, 0.25) is 0 Å². The number of nitrogens with zero attached hydrogens (tertiary/aromatic N) is 4. The van der Waals surface area contributed by atoms with Crippen LogP contribution in [0.5, 0.6) is 0 Å². The predicted molar refractivity (Wildman–Crippen MR) is 78.6 cm³/mol. The van der Waals surface area contributed by atoms with Gasteiger partial charge in [-0.25, -0.2) is 18.8 Å². The summed E-state index contributed by atoms with van der Waals surface area (Å²) < 4.78 is 26.9. The van der Waals surface area contributed by atoms with E-state index in [0.717, 1.165) is 19.5 Å². The maximum atomic E-state index is 12.4. The molecule has 0 aliphatic carbocycles. The van der Waals surface area contributed by atoms with E-state index in [-0.39, 0.29) is 6.04 Å². The maximum Gasteiger partial charge on any atom is 0.257 e. The second kappa shape index (κ2) is 7.38. The first-order valence-corrected chi connectivity index (χ1v) is 7.40. The van der Waals surface area contributed by atoms with Gasteiger partial charge in [-0.1, -0.05) is 6.92 Å². The van der Waals surface area contributed by atoms with E-state index in [1.165, 1.54) is 0 Å². The molecular weight excluding hydrogens is 276 g/mol. The van der Waals surface area contributed by atoms with Crippen molar-refractivity contribution in [1.82, 2.24) is 19.8 Å². The zero-order valence-electron chi connectivity index (χ0n) is 12.5. The van der Waals surface area contributed by atoms with Crippen molar-refractivity contribution < 1.29 is 8.78 Å². The Balaban J connectivity index is 2.09. The lowest BCUT2D eigenvalue weighted by Crippen LogP contribution is -2.49. The molecule has 1 fully saturated rings. The van der Waals surface area contributed by atoms with Crippen LogP contribution >= 0.6 is 0 Å². The fraction of sp³-hybridized carbons (Fsp3) is 0.714. The fourth-order valence-corrected chi connectivity index (χ4v) is 2.68. The third kappa shape index (κ3) is 4.15. The normalized spacial score (nSPS) is 23.7. The Morgan fingerprint density at radius 3 is 2.95 bits per heavy atom. The average Bonchev–Trinajstić information content (AvgIpc) is 2.98. The van der Waals surface area contributed by atoms with E-state index >= 15 is 0 Å². The molecule has 1 saturated heterocycles. The molecule has 1 aliphatic heterocycles. The number of rotatable bonds is 4. The standard InChI is InChI=1S/C14H23F2N5/c1-3-18-14(19-8-13(15)16)20-6-4-11(2)12(9-20)21-7-5-17-10-21/h5,7,10-13H,3-4,6,8-9H2,1-2H3,(H,18,19). The predicted octanol–water partition coefficient (Wildman–Crippen LogP) is 2.00. The minimum atomic E-state index is -2.41. The van der Waals surface area contributed by atoms with Crippen LogP contribution in [0.25, 0.3) is 0 Å². The molecule has 5 nitrogen and oxygen atoms in total. The van der Waals surface area contributed by atoms with Crippen molar-refractivity contribution in [2.24, 2.45) is 10.9 Å². The van der Waals surface area contributed by atoms with Gasteiger partial charge in [-0.2, -0.15) is 0 Å². The molecule has 118 valence electrons. The SMILES string of the molecule is CCNC(=NCC(F)F)N1CCC(C)C(n2ccnc2)C1. The molecule has 1 aromatic heterocycles. The molecule has 21 heavy (non-hydrogen) atoms. The summed E-state index contributed by atoms with van der Waals surface area (Å²) in [5.41, 5.74) is 0. The second-order valence-corrected chi connectivity index (χ2v) is 5.37. The Morgan fingerprint density at radius 1 is 1.52 bits per heavy atom. The molecule has 1 aliphatic rings. The Bertz CT molecular complexity index is 446. The number of aliphatic imine (C=N–C) groups is 1. The number of alkyl halides is 2. The third-order valence-electron chi connectivity index (χ3n) is 3.84. The Hall–Kier alpha value is -1.66. The number of aromatic nitrogens is 2. The summed E-state index contributed by atoms with van der Waals surface area (Å²) in [7, 11) is 0. The summed E-state index contributed by atoms with van der Waals surface area (Å²) in [6, 6.07) is 0.289. The number of nitrogens with one attached hydrogen (secondary N) is 1. The molecule has 2 rings (SSSR count). The van der Waals surface area contributed by atoms with Crippen molar-refractivity contribution in [1.29, 1.82) is 0 Å². The first kappa shape index (κ1) is 15.7. The molecule has 7 heteroatoms. The lowest BCUT2D eigenvalue weighted by molar-refractivity contribution is 0.156. The molecule has 0 bridgehead atoms. The molecule has 0 spiro atoms. The maximum absolute atomic E-state index is 12.4. The Kier molecular flexibility index (Phi) is 5.52. The van der Waals surface area contributed by atoms with Gasteiger partial charge in [0, 0.05) is 32.0 Å². The highest BCUT2D eigenvalue weighted by molar-refractivity contribution is 5.80. The monoisotopic (exact) mass is 299 g/mol. The van der Waals surface area contributed by atoms with Gasteiger partial charge in [0.05, 0.1) is 12.4 Å². The summed E-state index contributed by atoms with van der Waals surface area (Å²) in [5, 5.41) is 3.11. The summed E-state index contributed by atoms with van der Waals surface area (Å²) in [6.07, 6.45) is 4.12. The van der Waals surface area contributed by atoms with Gasteiger partial charge >= 0.3 is 0 Å². The highest BCUT2D eigenvalue weighted by atomic mass is 19.3. The van der Waals surface area contributed by atoms with E-state index in [1.54, 1.807) is 6.20 Å². The van der Waals surface area contributed by atoms with Crippen LogP contribution in [0.4, 0.5) is 8.78 Å². The van der Waals surface area contributed by atoms with Crippen molar-refractivity contribution in [3.8, 4) is 0 Å². The lowest BCUT2D eigenvalue weighted by Gasteiger charge is -2.39. The fourth-order valence-electron chi connectivity index (χ4n) is 2.68. The molecule has 2 heterocycles. The molecule has 2 atom stereocenters. The van der Waals surface area contributed by atoms with Crippen LogP contribution in [-0.4, -0.2) is 53.0 Å². The molecule has 0 aromatic carbocycles. The number of hydrogen-bond acceptors (Lipinski definition) is 2. The van der Waals surface area contributed by atoms with E-state index in [0.29, 0.717) is 18.4 Å². The minimum Gasteiger partial charge on any atom is -0.357 e. The van der Waals surface area contributed by atoms with Gasteiger partial charge in [-0.05, 0) is 19.3 Å². The van der Waals surface area contributed by atoms with Crippen LogP contribution in [0.15, 0.2) is 23.7 Å². The van der Waals surface area contributed by atoms with Gasteiger partial charge in [-0.15, -0.1) is 0 Å². The summed E-state index contributed by atoms with van der Waals surface area (Å²) in [6.45, 7) is 5.96. The minimum absolute atomic E-state index is 0.289. The lowest BCUT2D eigenvalue weighted by atomic mass is 9.93. The molecular formula is C14H23F2N5. The van der Waals surface area contributed by atoms with Crippen LogP contribution < -0.4 is 5.32 Å². The summed E-state index contributed by atoms with van der Waals surface area (Å²) in [4.78, 5) is 10.2. The zero-order valence-corrected chi connectivity index (χ0v) is 12.5. The summed E-state index contributed by atoms with van der Waals surface area (Å²) >= 11 is 0. The van der Waals surface area contributed by atoms with Crippen LogP contribution in [0.1, 0.15) is 26.3 Å². The van der Waals surface area contributed by atoms with Crippen molar-refractivity contribution in [3.63, 3.8) is 0 Å². The number of piperidine rings is 1. The molecule has 0 amide bonds. The molecule has 2 unspecified atom stereocenters. The number of halogens is 2. The van der Waals surface area contributed by atoms with Gasteiger partial charge < -0.3 is 14.8 Å². The highest BCUT2D eigenvalue weighted by Gasteiger charge is 2.28. The average molecular weight is 299 g/mol. The van der Waals surface area contributed by atoms with Gasteiger partial charge in [0.25, 0.3) is 6.43 Å². The zero-order chi connectivity index (χ0) is 15.2. The quantitative estimate of drug-likeness (QED) is 0.683. The Labute approximate surface area is 124 Å². The molecule has 0 saturated carbocycles. The number of guanidine groups is 1. The van der Waals surface area contributed by atoms with Crippen molar-refractivity contribution in [2.45, 2.75) is 32.7 Å². The van der Waals surface area contributed by atoms with E-state index in [4.69, 9.17) is 0 Å². The van der Waals surface area contributed by atoms with Gasteiger partial charge in [0.1, 0.15) is 6.54 Å².